The molecule has 1 aromatic carbocycles. The molecule has 6 heteroatoms. The normalized spacial score (nSPS) is 12.4. The molecule has 106 valence electrons. The molecule has 1 aromatic heterocycles. The molecular weight excluding hydrogens is 268 g/mol. The number of furan rings is 1. The second-order valence-electron chi connectivity index (χ2n) is 4.14. The van der Waals surface area contributed by atoms with Gasteiger partial charge in [-0.15, -0.1) is 0 Å². The largest absolute Gasteiger partial charge is 0.459 e. The van der Waals surface area contributed by atoms with Crippen LogP contribution in [0.25, 0.3) is 11.1 Å². The van der Waals surface area contributed by atoms with E-state index in [4.69, 9.17) is 9.52 Å². The Bertz CT molecular complexity index is 569. The molecular formula is C14H13F2NO3. The van der Waals surface area contributed by atoms with Gasteiger partial charge in [0.2, 0.25) is 0 Å². The second kappa shape index (κ2) is 6.29. The number of rotatable bonds is 5. The fourth-order valence-corrected chi connectivity index (χ4v) is 1.70. The fourth-order valence-electron chi connectivity index (χ4n) is 1.70. The molecule has 1 unspecified atom stereocenters. The van der Waals surface area contributed by atoms with E-state index in [0.717, 1.165) is 5.56 Å². The second-order valence-corrected chi connectivity index (χ2v) is 4.14. The van der Waals surface area contributed by atoms with E-state index in [9.17, 15) is 13.6 Å². The Morgan fingerprint density at radius 1 is 1.25 bits per heavy atom. The lowest BCUT2D eigenvalue weighted by Gasteiger charge is -2.10. The highest BCUT2D eigenvalue weighted by molar-refractivity contribution is 5.98. The number of carbonyl (C=O) groups excluding carboxylic acids is 1. The third-order valence-electron chi connectivity index (χ3n) is 2.72. The molecule has 1 atom stereocenters. The summed E-state index contributed by atoms with van der Waals surface area (Å²) in [5.74, 6) is -0.619. The van der Waals surface area contributed by atoms with E-state index in [-0.39, 0.29) is 5.76 Å². The van der Waals surface area contributed by atoms with Crippen LogP contribution in [0.5, 0.6) is 0 Å². The highest BCUT2D eigenvalue weighted by atomic mass is 19.3. The van der Waals surface area contributed by atoms with E-state index < -0.39 is 25.0 Å². The van der Waals surface area contributed by atoms with Crippen molar-refractivity contribution in [3.8, 4) is 11.1 Å². The molecule has 0 radical (unpaired) electrons. The molecule has 0 aliphatic rings. The molecule has 0 bridgehead atoms. The van der Waals surface area contributed by atoms with E-state index in [1.54, 1.807) is 18.2 Å². The predicted octanol–water partition coefficient (Wildman–Crippen LogP) is 2.30. The lowest BCUT2D eigenvalue weighted by atomic mass is 10.1. The van der Waals surface area contributed by atoms with Crippen LogP contribution in [0.1, 0.15) is 10.6 Å². The van der Waals surface area contributed by atoms with Crippen LogP contribution in [0.2, 0.25) is 0 Å². The molecule has 4 nitrogen and oxygen atoms in total. The summed E-state index contributed by atoms with van der Waals surface area (Å²) in [6, 6.07) is 10.7. The first-order valence-electron chi connectivity index (χ1n) is 5.97. The van der Waals surface area contributed by atoms with Crippen molar-refractivity contribution in [1.82, 2.24) is 5.32 Å². The minimum absolute atomic E-state index is 0.0256. The van der Waals surface area contributed by atoms with E-state index in [1.165, 1.54) is 6.26 Å². The minimum Gasteiger partial charge on any atom is -0.459 e. The first kappa shape index (κ1) is 14.2. The van der Waals surface area contributed by atoms with Gasteiger partial charge in [-0.05, 0) is 11.6 Å². The zero-order valence-corrected chi connectivity index (χ0v) is 10.4. The maximum Gasteiger partial charge on any atom is 0.287 e. The summed E-state index contributed by atoms with van der Waals surface area (Å²) in [6.45, 7) is -0.536. The fraction of sp³-hybridized carbons (Fsp3) is 0.214. The van der Waals surface area contributed by atoms with Gasteiger partial charge in [0.25, 0.3) is 12.3 Å². The number of carbonyl (C=O) groups is 1. The van der Waals surface area contributed by atoms with E-state index in [2.05, 4.69) is 5.32 Å². The summed E-state index contributed by atoms with van der Waals surface area (Å²) < 4.78 is 29.4. The highest BCUT2D eigenvalue weighted by Gasteiger charge is 2.21. The number of aliphatic hydroxyl groups is 1. The van der Waals surface area contributed by atoms with Gasteiger partial charge in [0, 0.05) is 12.1 Å². The van der Waals surface area contributed by atoms with Crippen LogP contribution in [0.15, 0.2) is 47.1 Å². The smallest absolute Gasteiger partial charge is 0.287 e. The van der Waals surface area contributed by atoms with Gasteiger partial charge in [-0.2, -0.15) is 0 Å². The average molecular weight is 281 g/mol. The van der Waals surface area contributed by atoms with E-state index in [0.29, 0.717) is 5.56 Å². The van der Waals surface area contributed by atoms with Gasteiger partial charge in [-0.25, -0.2) is 8.78 Å². The van der Waals surface area contributed by atoms with Crippen LogP contribution >= 0.6 is 0 Å². The zero-order chi connectivity index (χ0) is 14.5. The summed E-state index contributed by atoms with van der Waals surface area (Å²) in [7, 11) is 0. The number of hydrogen-bond donors (Lipinski definition) is 2. The highest BCUT2D eigenvalue weighted by Crippen LogP contribution is 2.24. The van der Waals surface area contributed by atoms with Crippen molar-refractivity contribution in [1.29, 1.82) is 0 Å². The Kier molecular flexibility index (Phi) is 4.47. The van der Waals surface area contributed by atoms with Crippen LogP contribution in [-0.2, 0) is 0 Å². The summed E-state index contributed by atoms with van der Waals surface area (Å²) in [5, 5.41) is 11.2. The third kappa shape index (κ3) is 3.21. The number of hydrogen-bond acceptors (Lipinski definition) is 3. The quantitative estimate of drug-likeness (QED) is 0.884. The molecule has 20 heavy (non-hydrogen) atoms. The average Bonchev–Trinajstić information content (AvgIpc) is 2.94. The van der Waals surface area contributed by atoms with Gasteiger partial charge in [0.1, 0.15) is 6.10 Å². The van der Waals surface area contributed by atoms with Gasteiger partial charge in [0.05, 0.1) is 6.26 Å². The molecule has 0 aliphatic carbocycles. The maximum absolute atomic E-state index is 12.1. The summed E-state index contributed by atoms with van der Waals surface area (Å²) in [6.07, 6.45) is -3.45. The lowest BCUT2D eigenvalue weighted by molar-refractivity contribution is -0.00282. The number of alkyl halides is 2. The van der Waals surface area contributed by atoms with Crippen LogP contribution in [0, 0.1) is 0 Å². The SMILES string of the molecule is O=C(NCC(O)C(F)F)c1occc1-c1ccccc1. The molecule has 0 aliphatic heterocycles. The van der Waals surface area contributed by atoms with Crippen LogP contribution in [0.4, 0.5) is 8.78 Å². The van der Waals surface area contributed by atoms with E-state index >= 15 is 0 Å². The predicted molar refractivity (Wildman–Crippen MR) is 68.5 cm³/mol. The molecule has 2 N–H and O–H groups in total. The molecule has 2 rings (SSSR count). The van der Waals surface area contributed by atoms with Crippen molar-refractivity contribution in [2.75, 3.05) is 6.54 Å². The number of aliphatic hydroxyl groups excluding tert-OH is 1. The topological polar surface area (TPSA) is 62.5 Å². The van der Waals surface area contributed by atoms with E-state index in [1.807, 2.05) is 18.2 Å². The van der Waals surface area contributed by atoms with Crippen molar-refractivity contribution < 1.29 is 23.1 Å². The van der Waals surface area contributed by atoms with Crippen molar-refractivity contribution in [2.24, 2.45) is 0 Å². The van der Waals surface area contributed by atoms with Gasteiger partial charge in [-0.3, -0.25) is 4.79 Å². The summed E-state index contributed by atoms with van der Waals surface area (Å²) in [4.78, 5) is 11.9. The van der Waals surface area contributed by atoms with Gasteiger partial charge >= 0.3 is 0 Å². The first-order valence-corrected chi connectivity index (χ1v) is 5.97. The molecule has 0 saturated carbocycles. The Balaban J connectivity index is 2.10. The Morgan fingerprint density at radius 3 is 2.60 bits per heavy atom. The lowest BCUT2D eigenvalue weighted by Crippen LogP contribution is -2.35. The number of nitrogens with one attached hydrogen (secondary N) is 1. The molecule has 0 fully saturated rings. The molecule has 2 aromatic rings. The molecule has 1 heterocycles. The van der Waals surface area contributed by atoms with Gasteiger partial charge in [0.15, 0.2) is 5.76 Å². The summed E-state index contributed by atoms with van der Waals surface area (Å²) >= 11 is 0. The summed E-state index contributed by atoms with van der Waals surface area (Å²) in [5.41, 5.74) is 1.34. The van der Waals surface area contributed by atoms with Crippen LogP contribution < -0.4 is 5.32 Å². The van der Waals surface area contributed by atoms with Crippen molar-refractivity contribution in [3.63, 3.8) is 0 Å². The standard InChI is InChI=1S/C14H13F2NO3/c15-13(16)11(18)8-17-14(19)12-10(6-7-20-12)9-4-2-1-3-5-9/h1-7,11,13,18H,8H2,(H,17,19). The Labute approximate surface area is 114 Å². The van der Waals surface area contributed by atoms with Crippen LogP contribution in [0.3, 0.4) is 0 Å². The van der Waals surface area contributed by atoms with Crippen molar-refractivity contribution >= 4 is 5.91 Å². The number of benzene rings is 1. The van der Waals surface area contributed by atoms with Gasteiger partial charge < -0.3 is 14.8 Å². The van der Waals surface area contributed by atoms with Crippen molar-refractivity contribution in [3.05, 3.63) is 48.4 Å². The zero-order valence-electron chi connectivity index (χ0n) is 10.4. The molecule has 0 saturated heterocycles. The molecule has 1 amide bonds. The van der Waals surface area contributed by atoms with Crippen LogP contribution in [-0.4, -0.2) is 30.1 Å². The number of halogens is 2. The van der Waals surface area contributed by atoms with Gasteiger partial charge in [-0.1, -0.05) is 30.3 Å². The third-order valence-corrected chi connectivity index (χ3v) is 2.72. The minimum atomic E-state index is -2.90. The number of amides is 1. The maximum atomic E-state index is 12.1. The first-order chi connectivity index (χ1) is 9.59. The Morgan fingerprint density at radius 2 is 1.95 bits per heavy atom. The van der Waals surface area contributed by atoms with Crippen molar-refractivity contribution in [2.45, 2.75) is 12.5 Å². The monoisotopic (exact) mass is 281 g/mol. The Hall–Kier alpha value is -2.21. The molecule has 0 spiro atoms.